The molecule has 0 radical (unpaired) electrons. The second-order valence-corrected chi connectivity index (χ2v) is 9.38. The Hall–Kier alpha value is -2.28. The molecule has 168 valence electrons. The number of hydrogen-bond acceptors (Lipinski definition) is 5. The lowest BCUT2D eigenvalue weighted by Gasteiger charge is -2.46. The van der Waals surface area contributed by atoms with E-state index in [1.807, 2.05) is 0 Å². The van der Waals surface area contributed by atoms with Gasteiger partial charge in [0.15, 0.2) is 11.2 Å². The summed E-state index contributed by atoms with van der Waals surface area (Å²) in [5.74, 6) is -0.646. The van der Waals surface area contributed by atoms with Crippen molar-refractivity contribution in [1.29, 1.82) is 0 Å². The lowest BCUT2D eigenvalue weighted by molar-refractivity contribution is -0.171. The first-order chi connectivity index (χ1) is 14.8. The maximum absolute atomic E-state index is 13.3. The molecule has 31 heavy (non-hydrogen) atoms. The fraction of sp³-hybridized carbons (Fsp3) is 0.625. The Labute approximate surface area is 182 Å². The number of amides is 1. The number of hydrogen-bond donors (Lipinski definition) is 0. The minimum Gasteiger partial charge on any atom is -0.468 e. The van der Waals surface area contributed by atoms with Crippen molar-refractivity contribution in [1.82, 2.24) is 9.80 Å². The summed E-state index contributed by atoms with van der Waals surface area (Å²) in [7, 11) is 1.29. The lowest BCUT2D eigenvalue weighted by atomic mass is 9.69. The third-order valence-corrected chi connectivity index (χ3v) is 7.52. The Morgan fingerprint density at radius 3 is 2.45 bits per heavy atom. The molecule has 1 aromatic carbocycles. The number of carbonyl (C=O) groups excluding carboxylic acids is 3. The van der Waals surface area contributed by atoms with Gasteiger partial charge in [-0.1, -0.05) is 19.1 Å². The van der Waals surface area contributed by atoms with Gasteiger partial charge in [-0.2, -0.15) is 0 Å². The van der Waals surface area contributed by atoms with Gasteiger partial charge in [0.2, 0.25) is 5.91 Å². The highest BCUT2D eigenvalue weighted by atomic mass is 19.1. The summed E-state index contributed by atoms with van der Waals surface area (Å²) in [5.41, 5.74) is -0.551. The molecule has 1 aromatic rings. The number of nitrogens with zero attached hydrogens (tertiary/aromatic N) is 2. The molecule has 3 unspecified atom stereocenters. The monoisotopic (exact) mass is 430 g/mol. The summed E-state index contributed by atoms with van der Waals surface area (Å²) in [6.07, 6.45) is 3.43. The second-order valence-electron chi connectivity index (χ2n) is 9.38. The fourth-order valence-electron chi connectivity index (χ4n) is 5.64. The van der Waals surface area contributed by atoms with E-state index in [9.17, 15) is 18.8 Å². The third-order valence-electron chi connectivity index (χ3n) is 7.52. The molecule has 0 spiro atoms. The highest BCUT2D eigenvalue weighted by Crippen LogP contribution is 2.48. The molecule has 3 fully saturated rings. The molecule has 3 aliphatic heterocycles. The Kier molecular flexibility index (Phi) is 6.15. The summed E-state index contributed by atoms with van der Waals surface area (Å²) in [4.78, 5) is 43.6. The van der Waals surface area contributed by atoms with Crippen LogP contribution in [0.25, 0.3) is 0 Å². The molecule has 0 aliphatic carbocycles. The molecular weight excluding hydrogens is 399 g/mol. The summed E-state index contributed by atoms with van der Waals surface area (Å²) in [6, 6.07) is 5.94. The van der Waals surface area contributed by atoms with Gasteiger partial charge in [0.05, 0.1) is 13.5 Å². The van der Waals surface area contributed by atoms with Gasteiger partial charge in [-0.05, 0) is 49.3 Å². The van der Waals surface area contributed by atoms with Gasteiger partial charge in [-0.15, -0.1) is 0 Å². The van der Waals surface area contributed by atoms with Crippen LogP contribution in [0.4, 0.5) is 4.39 Å². The predicted octanol–water partition coefficient (Wildman–Crippen LogP) is 2.94. The maximum atomic E-state index is 13.3. The zero-order valence-electron chi connectivity index (χ0n) is 18.3. The normalized spacial score (nSPS) is 29.3. The van der Waals surface area contributed by atoms with Gasteiger partial charge in [-0.3, -0.25) is 19.3 Å². The van der Waals surface area contributed by atoms with Crippen molar-refractivity contribution >= 4 is 17.7 Å². The van der Waals surface area contributed by atoms with Crippen LogP contribution in [0.2, 0.25) is 0 Å². The van der Waals surface area contributed by atoms with E-state index in [1.54, 1.807) is 17.0 Å². The molecule has 3 saturated heterocycles. The number of Topliss-reactive ketones (excluding diaryl/α,β-unsaturated/α-hetero) is 1. The molecule has 1 amide bonds. The van der Waals surface area contributed by atoms with Crippen LogP contribution in [0.5, 0.6) is 0 Å². The first-order valence-corrected chi connectivity index (χ1v) is 11.2. The molecule has 3 aliphatic rings. The van der Waals surface area contributed by atoms with E-state index >= 15 is 0 Å². The molecule has 0 aromatic heterocycles. The largest absolute Gasteiger partial charge is 0.468 e. The molecule has 4 rings (SSSR count). The number of ether oxygens (including phenoxy) is 1. The van der Waals surface area contributed by atoms with Crippen LogP contribution < -0.4 is 0 Å². The molecule has 0 N–H and O–H groups in total. The first-order valence-electron chi connectivity index (χ1n) is 11.2. The van der Waals surface area contributed by atoms with Crippen molar-refractivity contribution in [2.24, 2.45) is 11.3 Å². The fourth-order valence-corrected chi connectivity index (χ4v) is 5.64. The van der Waals surface area contributed by atoms with E-state index < -0.39 is 11.4 Å². The van der Waals surface area contributed by atoms with E-state index in [-0.39, 0.29) is 42.4 Å². The van der Waals surface area contributed by atoms with E-state index in [0.29, 0.717) is 32.0 Å². The molecule has 2 bridgehead atoms. The predicted molar refractivity (Wildman–Crippen MR) is 112 cm³/mol. The summed E-state index contributed by atoms with van der Waals surface area (Å²) in [5, 5.41) is 0. The number of fused-ring (bicyclic) bond motifs is 2. The molecule has 3 atom stereocenters. The molecule has 6 nitrogen and oxygen atoms in total. The van der Waals surface area contributed by atoms with E-state index in [4.69, 9.17) is 4.74 Å². The highest BCUT2D eigenvalue weighted by Gasteiger charge is 2.62. The van der Waals surface area contributed by atoms with E-state index in [0.717, 1.165) is 24.8 Å². The minimum atomic E-state index is -1.47. The van der Waals surface area contributed by atoms with Crippen molar-refractivity contribution in [3.63, 3.8) is 0 Å². The average Bonchev–Trinajstić information content (AvgIpc) is 3.08. The van der Waals surface area contributed by atoms with Crippen molar-refractivity contribution < 1.29 is 23.5 Å². The SMILES string of the molecule is COC(=O)C1(CC(=O)N2CCC(C)CC2)C(=O)CC2CCC1N2Cc1ccc(F)cc1. The zero-order valence-corrected chi connectivity index (χ0v) is 18.3. The third kappa shape index (κ3) is 4.00. The zero-order chi connectivity index (χ0) is 22.2. The number of esters is 1. The van der Waals surface area contributed by atoms with Gasteiger partial charge in [0, 0.05) is 38.1 Å². The number of ketones is 1. The van der Waals surface area contributed by atoms with Crippen molar-refractivity contribution in [2.75, 3.05) is 20.2 Å². The van der Waals surface area contributed by atoms with E-state index in [2.05, 4.69) is 11.8 Å². The van der Waals surface area contributed by atoms with Crippen LogP contribution in [-0.4, -0.2) is 59.7 Å². The highest BCUT2D eigenvalue weighted by molar-refractivity contribution is 6.08. The lowest BCUT2D eigenvalue weighted by Crippen LogP contribution is -2.61. The maximum Gasteiger partial charge on any atom is 0.321 e. The van der Waals surface area contributed by atoms with Crippen LogP contribution in [-0.2, 0) is 25.7 Å². The summed E-state index contributed by atoms with van der Waals surface area (Å²) >= 11 is 0. The van der Waals surface area contributed by atoms with Crippen molar-refractivity contribution in [3.05, 3.63) is 35.6 Å². The molecule has 0 saturated carbocycles. The quantitative estimate of drug-likeness (QED) is 0.531. The van der Waals surface area contributed by atoms with Gasteiger partial charge < -0.3 is 9.64 Å². The second kappa shape index (κ2) is 8.69. The Balaban J connectivity index is 1.61. The standard InChI is InChI=1S/C24H31FN2O4/c1-16-9-11-26(12-10-16)22(29)14-24(23(30)31-2)20-8-7-19(13-21(24)28)27(20)15-17-3-5-18(25)6-4-17/h3-6,16,19-20H,7-15H2,1-2H3. The first kappa shape index (κ1) is 21.9. The Bertz CT molecular complexity index is 850. The molecule has 7 heteroatoms. The van der Waals surface area contributed by atoms with Gasteiger partial charge in [0.1, 0.15) is 5.82 Å². The number of halogens is 1. The molecular formula is C24H31FN2O4. The topological polar surface area (TPSA) is 66.9 Å². The van der Waals surface area contributed by atoms with Crippen LogP contribution in [0.3, 0.4) is 0 Å². The summed E-state index contributed by atoms with van der Waals surface area (Å²) in [6.45, 7) is 4.02. The number of methoxy groups -OCH3 is 1. The Morgan fingerprint density at radius 2 is 1.81 bits per heavy atom. The van der Waals surface area contributed by atoms with Crippen LogP contribution in [0.1, 0.15) is 51.0 Å². The van der Waals surface area contributed by atoms with Gasteiger partial charge >= 0.3 is 5.97 Å². The van der Waals surface area contributed by atoms with Gasteiger partial charge in [-0.25, -0.2) is 4.39 Å². The number of rotatable bonds is 5. The van der Waals surface area contributed by atoms with Crippen molar-refractivity contribution in [3.8, 4) is 0 Å². The number of likely N-dealkylation sites (tertiary alicyclic amines) is 1. The minimum absolute atomic E-state index is 0.0336. The summed E-state index contributed by atoms with van der Waals surface area (Å²) < 4.78 is 18.5. The molecule has 3 heterocycles. The number of carbonyl (C=O) groups is 3. The van der Waals surface area contributed by atoms with Crippen LogP contribution in [0, 0.1) is 17.2 Å². The van der Waals surface area contributed by atoms with Crippen molar-refractivity contribution in [2.45, 2.75) is 64.1 Å². The Morgan fingerprint density at radius 1 is 1.13 bits per heavy atom. The van der Waals surface area contributed by atoms with Crippen LogP contribution >= 0.6 is 0 Å². The number of benzene rings is 1. The van der Waals surface area contributed by atoms with Crippen LogP contribution in [0.15, 0.2) is 24.3 Å². The van der Waals surface area contributed by atoms with E-state index in [1.165, 1.54) is 19.2 Å². The average molecular weight is 431 g/mol. The smallest absolute Gasteiger partial charge is 0.321 e. The number of piperidine rings is 2. The van der Waals surface area contributed by atoms with Gasteiger partial charge in [0.25, 0.3) is 0 Å².